The van der Waals surface area contributed by atoms with Crippen LogP contribution in [-0.2, 0) is 6.54 Å². The second-order valence-electron chi connectivity index (χ2n) is 3.50. The molecule has 0 aliphatic carbocycles. The first-order valence-corrected chi connectivity index (χ1v) is 4.96. The fourth-order valence-electron chi connectivity index (χ4n) is 1.26. The van der Waals surface area contributed by atoms with Crippen molar-refractivity contribution in [3.63, 3.8) is 0 Å². The number of hydrogen-bond donors (Lipinski definition) is 3. The maximum Gasteiger partial charge on any atom is 0.131 e. The second kappa shape index (κ2) is 6.25. The fourth-order valence-corrected chi connectivity index (χ4v) is 1.26. The van der Waals surface area contributed by atoms with Crippen LogP contribution in [0.15, 0.2) is 12.1 Å². The van der Waals surface area contributed by atoms with Crippen LogP contribution in [0.25, 0.3) is 0 Å². The molecule has 1 atom stereocenters. The summed E-state index contributed by atoms with van der Waals surface area (Å²) in [4.78, 5) is 0. The summed E-state index contributed by atoms with van der Waals surface area (Å²) in [5, 5.41) is 28.6. The molecule has 1 rings (SSSR count). The third kappa shape index (κ3) is 3.75. The lowest BCUT2D eigenvalue weighted by atomic mass is 10.1. The Labute approximate surface area is 97.1 Å². The number of hydrogen-bond acceptors (Lipinski definition) is 4. The molecule has 0 radical (unpaired) electrons. The first-order valence-electron chi connectivity index (χ1n) is 4.96. The van der Waals surface area contributed by atoms with Gasteiger partial charge in [-0.2, -0.15) is 5.26 Å². The summed E-state index contributed by atoms with van der Waals surface area (Å²) in [6.07, 6.45) is -0.973. The molecule has 0 fully saturated rings. The van der Waals surface area contributed by atoms with E-state index in [0.717, 1.165) is 12.1 Å². The lowest BCUT2D eigenvalue weighted by molar-refractivity contribution is 0.0941. The molecule has 92 valence electrons. The van der Waals surface area contributed by atoms with E-state index >= 15 is 0 Å². The SMILES string of the molecule is N#Cc1cc(F)c(CNCC(O)CO)c(F)c1. The number of benzene rings is 1. The lowest BCUT2D eigenvalue weighted by Gasteiger charge is -2.10. The molecule has 3 N–H and O–H groups in total. The number of nitriles is 1. The van der Waals surface area contributed by atoms with Gasteiger partial charge in [-0.25, -0.2) is 8.78 Å². The van der Waals surface area contributed by atoms with Crippen molar-refractivity contribution in [3.05, 3.63) is 34.9 Å². The standard InChI is InChI=1S/C11H12F2N2O2/c12-10-1-7(3-14)2-11(13)9(10)5-15-4-8(17)6-16/h1-2,8,15-17H,4-6H2. The van der Waals surface area contributed by atoms with Gasteiger partial charge in [-0.15, -0.1) is 0 Å². The molecule has 0 amide bonds. The van der Waals surface area contributed by atoms with Gasteiger partial charge in [0.05, 0.1) is 24.3 Å². The van der Waals surface area contributed by atoms with Gasteiger partial charge in [-0.3, -0.25) is 0 Å². The number of nitrogens with zero attached hydrogens (tertiary/aromatic N) is 1. The lowest BCUT2D eigenvalue weighted by Crippen LogP contribution is -2.29. The molecular formula is C11H12F2N2O2. The molecule has 0 saturated heterocycles. The second-order valence-corrected chi connectivity index (χ2v) is 3.50. The van der Waals surface area contributed by atoms with Crippen LogP contribution in [0.2, 0.25) is 0 Å². The van der Waals surface area contributed by atoms with Crippen molar-refractivity contribution in [2.24, 2.45) is 0 Å². The van der Waals surface area contributed by atoms with Gasteiger partial charge in [0.25, 0.3) is 0 Å². The predicted octanol–water partition coefficient (Wildman–Crippen LogP) is 0.279. The van der Waals surface area contributed by atoms with Crippen LogP contribution >= 0.6 is 0 Å². The Balaban J connectivity index is 2.69. The van der Waals surface area contributed by atoms with E-state index in [0.29, 0.717) is 0 Å². The third-order valence-electron chi connectivity index (χ3n) is 2.16. The molecule has 0 heterocycles. The number of nitrogens with one attached hydrogen (secondary N) is 1. The minimum Gasteiger partial charge on any atom is -0.394 e. The van der Waals surface area contributed by atoms with Gasteiger partial charge in [-0.1, -0.05) is 0 Å². The summed E-state index contributed by atoms with van der Waals surface area (Å²) < 4.78 is 26.7. The number of halogens is 2. The maximum atomic E-state index is 13.4. The zero-order valence-corrected chi connectivity index (χ0v) is 8.95. The average Bonchev–Trinajstić information content (AvgIpc) is 2.31. The first kappa shape index (κ1) is 13.5. The molecule has 17 heavy (non-hydrogen) atoms. The van der Waals surface area contributed by atoms with Crippen LogP contribution in [0, 0.1) is 23.0 Å². The van der Waals surface area contributed by atoms with Crippen molar-refractivity contribution in [1.82, 2.24) is 5.32 Å². The molecule has 6 heteroatoms. The van der Waals surface area contributed by atoms with Crippen LogP contribution < -0.4 is 5.32 Å². The van der Waals surface area contributed by atoms with Crippen molar-refractivity contribution >= 4 is 0 Å². The normalized spacial score (nSPS) is 12.2. The van der Waals surface area contributed by atoms with Crippen LogP contribution in [0.3, 0.4) is 0 Å². The predicted molar refractivity (Wildman–Crippen MR) is 55.9 cm³/mol. The molecule has 1 unspecified atom stereocenters. The molecule has 0 saturated carbocycles. The molecule has 0 bridgehead atoms. The van der Waals surface area contributed by atoms with Crippen molar-refractivity contribution in [2.75, 3.05) is 13.2 Å². The Morgan fingerprint density at radius 2 is 1.94 bits per heavy atom. The zero-order valence-electron chi connectivity index (χ0n) is 8.95. The Kier molecular flexibility index (Phi) is 4.97. The van der Waals surface area contributed by atoms with Gasteiger partial charge >= 0.3 is 0 Å². The summed E-state index contributed by atoms with van der Waals surface area (Å²) in [6.45, 7) is -0.527. The van der Waals surface area contributed by atoms with Crippen LogP contribution in [0.4, 0.5) is 8.78 Å². The highest BCUT2D eigenvalue weighted by Gasteiger charge is 2.11. The first-order chi connectivity index (χ1) is 8.08. The Morgan fingerprint density at radius 3 is 2.41 bits per heavy atom. The summed E-state index contributed by atoms with van der Waals surface area (Å²) in [5.74, 6) is -1.62. The summed E-state index contributed by atoms with van der Waals surface area (Å²) in [5.41, 5.74) is -0.284. The summed E-state index contributed by atoms with van der Waals surface area (Å²) >= 11 is 0. The minimum absolute atomic E-state index is 0.0232. The Morgan fingerprint density at radius 1 is 1.35 bits per heavy atom. The van der Waals surface area contributed by atoms with Crippen molar-refractivity contribution < 1.29 is 19.0 Å². The molecular weight excluding hydrogens is 230 g/mol. The van der Waals surface area contributed by atoms with Crippen molar-refractivity contribution in [3.8, 4) is 6.07 Å². The zero-order chi connectivity index (χ0) is 12.8. The smallest absolute Gasteiger partial charge is 0.131 e. The van der Waals surface area contributed by atoms with E-state index < -0.39 is 24.3 Å². The quantitative estimate of drug-likeness (QED) is 0.693. The number of aliphatic hydroxyl groups excluding tert-OH is 2. The fraction of sp³-hybridized carbons (Fsp3) is 0.364. The molecule has 1 aromatic rings. The molecule has 4 nitrogen and oxygen atoms in total. The topological polar surface area (TPSA) is 76.3 Å². The highest BCUT2D eigenvalue weighted by Crippen LogP contribution is 2.14. The molecule has 0 spiro atoms. The molecule has 0 aliphatic rings. The van der Waals surface area contributed by atoms with Crippen LogP contribution in [0.5, 0.6) is 0 Å². The molecule has 0 aliphatic heterocycles. The van der Waals surface area contributed by atoms with Gasteiger partial charge in [-0.05, 0) is 12.1 Å². The largest absolute Gasteiger partial charge is 0.394 e. The van der Waals surface area contributed by atoms with E-state index in [1.807, 2.05) is 0 Å². The van der Waals surface area contributed by atoms with E-state index in [1.54, 1.807) is 6.07 Å². The van der Waals surface area contributed by atoms with Crippen LogP contribution in [0.1, 0.15) is 11.1 Å². The van der Waals surface area contributed by atoms with Crippen molar-refractivity contribution in [2.45, 2.75) is 12.6 Å². The highest BCUT2D eigenvalue weighted by atomic mass is 19.1. The van der Waals surface area contributed by atoms with Gasteiger partial charge in [0.2, 0.25) is 0 Å². The van der Waals surface area contributed by atoms with Gasteiger partial charge in [0.1, 0.15) is 11.6 Å². The molecule has 0 aromatic heterocycles. The number of aliphatic hydroxyl groups is 2. The van der Waals surface area contributed by atoms with E-state index in [-0.39, 0.29) is 24.2 Å². The van der Waals surface area contributed by atoms with Gasteiger partial charge in [0.15, 0.2) is 0 Å². The Bertz CT molecular complexity index is 409. The van der Waals surface area contributed by atoms with Gasteiger partial charge < -0.3 is 15.5 Å². The van der Waals surface area contributed by atoms with E-state index in [9.17, 15) is 8.78 Å². The maximum absolute atomic E-state index is 13.4. The van der Waals surface area contributed by atoms with E-state index in [4.69, 9.17) is 15.5 Å². The van der Waals surface area contributed by atoms with E-state index in [1.165, 1.54) is 0 Å². The summed E-state index contributed by atoms with van der Waals surface area (Å²) in [7, 11) is 0. The highest BCUT2D eigenvalue weighted by molar-refractivity contribution is 5.34. The summed E-state index contributed by atoms with van der Waals surface area (Å²) in [6, 6.07) is 3.54. The Hall–Kier alpha value is -1.55. The third-order valence-corrected chi connectivity index (χ3v) is 2.16. The van der Waals surface area contributed by atoms with E-state index in [2.05, 4.69) is 5.32 Å². The monoisotopic (exact) mass is 242 g/mol. The number of rotatable bonds is 5. The average molecular weight is 242 g/mol. The van der Waals surface area contributed by atoms with Crippen molar-refractivity contribution in [1.29, 1.82) is 5.26 Å². The molecule has 1 aromatic carbocycles. The minimum atomic E-state index is -0.973. The van der Waals surface area contributed by atoms with Crippen LogP contribution in [-0.4, -0.2) is 29.5 Å². The van der Waals surface area contributed by atoms with Gasteiger partial charge in [0, 0.05) is 18.7 Å².